The van der Waals surface area contributed by atoms with Crippen LogP contribution < -0.4 is 5.32 Å². The molecule has 0 bridgehead atoms. The van der Waals surface area contributed by atoms with Crippen molar-refractivity contribution in [3.63, 3.8) is 0 Å². The molecular formula is C24H37NO6. The predicted octanol–water partition coefficient (Wildman–Crippen LogP) is 2.27. The molecule has 2 N–H and O–H groups in total. The number of ether oxygens (including phenoxy) is 2. The van der Waals surface area contributed by atoms with Gasteiger partial charge < -0.3 is 19.9 Å². The molecule has 0 aromatic rings. The molecule has 31 heavy (non-hydrogen) atoms. The van der Waals surface area contributed by atoms with Crippen LogP contribution in [0.4, 0.5) is 0 Å². The number of methoxy groups -OCH3 is 1. The monoisotopic (exact) mass is 435 g/mol. The van der Waals surface area contributed by atoms with E-state index in [0.717, 1.165) is 31.3 Å². The second kappa shape index (κ2) is 9.02. The molecule has 0 heterocycles. The molecule has 7 nitrogen and oxygen atoms in total. The number of ketones is 1. The minimum atomic E-state index is -1.15. The van der Waals surface area contributed by atoms with Gasteiger partial charge in [-0.2, -0.15) is 0 Å². The van der Waals surface area contributed by atoms with Gasteiger partial charge in [-0.05, 0) is 56.9 Å². The van der Waals surface area contributed by atoms with Crippen molar-refractivity contribution in [2.45, 2.75) is 59.0 Å². The molecule has 0 aromatic heterocycles. The molecular weight excluding hydrogens is 398 g/mol. The molecule has 0 saturated heterocycles. The van der Waals surface area contributed by atoms with Crippen LogP contribution in [0.1, 0.15) is 52.9 Å². The second-order valence-corrected chi connectivity index (χ2v) is 10.1. The number of carbonyl (C=O) groups is 3. The van der Waals surface area contributed by atoms with E-state index in [2.05, 4.69) is 12.2 Å². The van der Waals surface area contributed by atoms with E-state index in [1.54, 1.807) is 13.1 Å². The first kappa shape index (κ1) is 23.9. The van der Waals surface area contributed by atoms with Gasteiger partial charge in [-0.3, -0.25) is 9.59 Å². The van der Waals surface area contributed by atoms with Crippen molar-refractivity contribution in [3.8, 4) is 0 Å². The van der Waals surface area contributed by atoms with Crippen LogP contribution in [-0.2, 0) is 23.9 Å². The van der Waals surface area contributed by atoms with Crippen molar-refractivity contribution in [1.29, 1.82) is 0 Å². The van der Waals surface area contributed by atoms with Gasteiger partial charge in [0.05, 0.1) is 12.5 Å². The lowest BCUT2D eigenvalue weighted by Gasteiger charge is -2.61. The Morgan fingerprint density at radius 3 is 2.65 bits per heavy atom. The number of fused-ring (bicyclic) bond motifs is 3. The second-order valence-electron chi connectivity index (χ2n) is 10.1. The predicted molar refractivity (Wildman–Crippen MR) is 115 cm³/mol. The first-order chi connectivity index (χ1) is 14.6. The summed E-state index contributed by atoms with van der Waals surface area (Å²) >= 11 is 0. The number of aliphatic hydroxyl groups excluding tert-OH is 1. The highest BCUT2D eigenvalue weighted by molar-refractivity contribution is 5.93. The molecule has 0 aliphatic heterocycles. The number of allylic oxidation sites excluding steroid dienone is 1. The maximum Gasteiger partial charge on any atom is 0.330 e. The van der Waals surface area contributed by atoms with Gasteiger partial charge in [0.15, 0.2) is 5.78 Å². The van der Waals surface area contributed by atoms with Crippen molar-refractivity contribution in [2.75, 3.05) is 27.3 Å². The third-order valence-corrected chi connectivity index (χ3v) is 8.42. The zero-order valence-corrected chi connectivity index (χ0v) is 19.4. The lowest BCUT2D eigenvalue weighted by Crippen LogP contribution is -2.65. The summed E-state index contributed by atoms with van der Waals surface area (Å²) in [4.78, 5) is 38.5. The van der Waals surface area contributed by atoms with Gasteiger partial charge in [0, 0.05) is 24.5 Å². The Kier molecular flexibility index (Phi) is 6.96. The Morgan fingerprint density at radius 2 is 2.00 bits per heavy atom. The average molecular weight is 436 g/mol. The average Bonchev–Trinajstić information content (AvgIpc) is 2.73. The lowest BCUT2D eigenvalue weighted by atomic mass is 9.42. The number of Topliss-reactive ketones (excluding diaryl/α,β-unsaturated/α-hetero) is 1. The van der Waals surface area contributed by atoms with E-state index in [-0.39, 0.29) is 40.9 Å². The molecule has 7 heteroatoms. The zero-order valence-electron chi connectivity index (χ0n) is 19.4. The van der Waals surface area contributed by atoms with E-state index in [1.165, 1.54) is 7.11 Å². The Labute approximate surface area is 184 Å². The third kappa shape index (κ3) is 3.95. The Balaban J connectivity index is 1.90. The number of hydrogen-bond donors (Lipinski definition) is 2. The number of likely N-dealkylation sites (N-methyl/N-ethyl adjacent to an activating group) is 1. The Morgan fingerprint density at radius 1 is 1.29 bits per heavy atom. The van der Waals surface area contributed by atoms with Gasteiger partial charge in [0.1, 0.15) is 12.7 Å². The number of esters is 2. The molecule has 3 rings (SSSR count). The van der Waals surface area contributed by atoms with Gasteiger partial charge in [0.25, 0.3) is 0 Å². The summed E-state index contributed by atoms with van der Waals surface area (Å²) in [6, 6.07) is 0. The summed E-state index contributed by atoms with van der Waals surface area (Å²) < 4.78 is 10.3. The van der Waals surface area contributed by atoms with Crippen LogP contribution in [0.3, 0.4) is 0 Å². The molecule has 0 unspecified atom stereocenters. The quantitative estimate of drug-likeness (QED) is 0.388. The SMILES string of the molecule is CNCCOC(=O)/C=C1\CC[C@H]2[C@@H]([C@@H](O)C(=O)[C@@H]3[C@]2(C)CCC[C@]3(C)C(=O)OC)[C@H]1C. The van der Waals surface area contributed by atoms with E-state index >= 15 is 0 Å². The molecule has 0 radical (unpaired) electrons. The van der Waals surface area contributed by atoms with Crippen molar-refractivity contribution in [3.05, 3.63) is 11.6 Å². The van der Waals surface area contributed by atoms with Crippen LogP contribution in [0, 0.1) is 34.5 Å². The molecule has 0 spiro atoms. The van der Waals surface area contributed by atoms with Gasteiger partial charge in [0.2, 0.25) is 0 Å². The minimum Gasteiger partial charge on any atom is -0.469 e. The number of rotatable bonds is 5. The van der Waals surface area contributed by atoms with Crippen LogP contribution in [-0.4, -0.2) is 56.2 Å². The highest BCUT2D eigenvalue weighted by Gasteiger charge is 2.66. The summed E-state index contributed by atoms with van der Waals surface area (Å²) in [6.07, 6.45) is 4.18. The standard InChI is InChI=1S/C24H37NO6/c1-14-15(13-17(26)31-12-11-25-4)7-8-16-18(14)19(27)20(28)21-23(16,2)9-6-10-24(21,3)22(29)30-5/h13-14,16,18-19,21,25,27H,6-12H2,1-5H3/b15-13+/t14-,16-,18-,19+,21+,23+,24-/m0/s1. The van der Waals surface area contributed by atoms with Crippen molar-refractivity contribution in [2.24, 2.45) is 34.5 Å². The maximum absolute atomic E-state index is 13.5. The number of carbonyl (C=O) groups excluding carboxylic acids is 3. The van der Waals surface area contributed by atoms with Gasteiger partial charge in [-0.25, -0.2) is 4.79 Å². The molecule has 3 aliphatic rings. The lowest BCUT2D eigenvalue weighted by molar-refractivity contribution is -0.193. The Bertz CT molecular complexity index is 763. The van der Waals surface area contributed by atoms with E-state index in [4.69, 9.17) is 9.47 Å². The van der Waals surface area contributed by atoms with Gasteiger partial charge in [-0.1, -0.05) is 25.8 Å². The summed E-state index contributed by atoms with van der Waals surface area (Å²) in [5, 5.41) is 14.1. The van der Waals surface area contributed by atoms with Crippen molar-refractivity contribution in [1.82, 2.24) is 5.32 Å². The summed E-state index contributed by atoms with van der Waals surface area (Å²) in [5.74, 6) is -1.83. The first-order valence-corrected chi connectivity index (χ1v) is 11.4. The van der Waals surface area contributed by atoms with E-state index in [9.17, 15) is 19.5 Å². The van der Waals surface area contributed by atoms with E-state index < -0.39 is 17.4 Å². The summed E-state index contributed by atoms with van der Waals surface area (Å²) in [7, 11) is 3.16. The Hall–Kier alpha value is -1.73. The van der Waals surface area contributed by atoms with Gasteiger partial charge >= 0.3 is 11.9 Å². The van der Waals surface area contributed by atoms with Crippen molar-refractivity contribution < 1.29 is 29.0 Å². The number of hydrogen-bond acceptors (Lipinski definition) is 7. The van der Waals surface area contributed by atoms with Gasteiger partial charge in [-0.15, -0.1) is 0 Å². The molecule has 3 fully saturated rings. The van der Waals surface area contributed by atoms with Crippen LogP contribution >= 0.6 is 0 Å². The fourth-order valence-electron chi connectivity index (χ4n) is 6.96. The molecule has 174 valence electrons. The highest BCUT2D eigenvalue weighted by atomic mass is 16.5. The van der Waals surface area contributed by atoms with E-state index in [0.29, 0.717) is 19.6 Å². The van der Waals surface area contributed by atoms with E-state index in [1.807, 2.05) is 13.8 Å². The fraction of sp³-hybridized carbons (Fsp3) is 0.792. The summed E-state index contributed by atoms with van der Waals surface area (Å²) in [5.41, 5.74) is -0.368. The minimum absolute atomic E-state index is 0.0990. The topological polar surface area (TPSA) is 102 Å². The van der Waals surface area contributed by atoms with Crippen LogP contribution in [0.5, 0.6) is 0 Å². The van der Waals surface area contributed by atoms with Crippen LogP contribution in [0.2, 0.25) is 0 Å². The maximum atomic E-state index is 13.5. The summed E-state index contributed by atoms with van der Waals surface area (Å²) in [6.45, 7) is 6.82. The normalized spacial score (nSPS) is 41.3. The number of nitrogens with one attached hydrogen (secondary N) is 1. The third-order valence-electron chi connectivity index (χ3n) is 8.42. The van der Waals surface area contributed by atoms with Crippen LogP contribution in [0.25, 0.3) is 0 Å². The molecule has 7 atom stereocenters. The largest absolute Gasteiger partial charge is 0.469 e. The highest BCUT2D eigenvalue weighted by Crippen LogP contribution is 2.64. The molecule has 0 amide bonds. The molecule has 0 aromatic carbocycles. The zero-order chi connectivity index (χ0) is 23.0. The first-order valence-electron chi connectivity index (χ1n) is 11.4. The fourth-order valence-corrected chi connectivity index (χ4v) is 6.96. The molecule has 3 aliphatic carbocycles. The number of aliphatic hydroxyl groups is 1. The van der Waals surface area contributed by atoms with Crippen LogP contribution in [0.15, 0.2) is 11.6 Å². The smallest absolute Gasteiger partial charge is 0.330 e. The van der Waals surface area contributed by atoms with Crippen molar-refractivity contribution >= 4 is 17.7 Å². The molecule has 3 saturated carbocycles.